The number of benzene rings is 1. The number of hydrogen-bond donors (Lipinski definition) is 2. The van der Waals surface area contributed by atoms with Gasteiger partial charge in [-0.15, -0.1) is 10.2 Å². The van der Waals surface area contributed by atoms with Gasteiger partial charge in [-0.25, -0.2) is 9.59 Å². The number of carboxylic acid groups (broad SMARTS) is 2. The van der Waals surface area contributed by atoms with Crippen LogP contribution in [0.3, 0.4) is 0 Å². The molecule has 166 valence electrons. The molecule has 0 radical (unpaired) electrons. The average Bonchev–Trinajstić information content (AvgIpc) is 3.30. The summed E-state index contributed by atoms with van der Waals surface area (Å²) >= 11 is 6.07. The average molecular weight is 462 g/mol. The van der Waals surface area contributed by atoms with Gasteiger partial charge in [0, 0.05) is 6.54 Å². The highest BCUT2D eigenvalue weighted by molar-refractivity contribution is 6.34. The zero-order valence-electron chi connectivity index (χ0n) is 14.8. The standard InChI is InChI=1S/C14H13ClF3N3O2.C2HF3O2/c15-11-8(3-1-4-9(11)12(22)23)7-21-6-2-5-10(21)13(19-20-13)14(16,17)18;3-2(4,5)1(6)7/h1,3-4,10H,2,5-7H2,(H,22,23);(H,6,7). The van der Waals surface area contributed by atoms with Gasteiger partial charge >= 0.3 is 24.3 Å². The van der Waals surface area contributed by atoms with Gasteiger partial charge in [0.2, 0.25) is 0 Å². The minimum Gasteiger partial charge on any atom is -0.478 e. The molecule has 0 amide bonds. The first kappa shape index (κ1) is 23.9. The molecule has 30 heavy (non-hydrogen) atoms. The first-order valence-corrected chi connectivity index (χ1v) is 8.64. The maximum absolute atomic E-state index is 13.2. The van der Waals surface area contributed by atoms with Crippen LogP contribution in [0.25, 0.3) is 0 Å². The molecule has 1 aromatic carbocycles. The fraction of sp³-hybridized carbons (Fsp3) is 0.500. The number of halogens is 7. The SMILES string of the molecule is O=C(O)C(F)(F)F.O=C(O)c1cccc(CN2CCCC2C2(C(F)(F)F)N=N2)c1Cl. The van der Waals surface area contributed by atoms with Crippen LogP contribution in [0.5, 0.6) is 0 Å². The van der Waals surface area contributed by atoms with E-state index in [1.807, 2.05) is 0 Å². The van der Waals surface area contributed by atoms with E-state index in [0.717, 1.165) is 0 Å². The van der Waals surface area contributed by atoms with E-state index in [-0.39, 0.29) is 17.1 Å². The van der Waals surface area contributed by atoms with Crippen LogP contribution in [0.2, 0.25) is 5.02 Å². The van der Waals surface area contributed by atoms with Gasteiger partial charge < -0.3 is 10.2 Å². The van der Waals surface area contributed by atoms with E-state index < -0.39 is 36.0 Å². The summed E-state index contributed by atoms with van der Waals surface area (Å²) in [6, 6.07) is 3.64. The smallest absolute Gasteiger partial charge is 0.478 e. The van der Waals surface area contributed by atoms with Gasteiger partial charge in [-0.2, -0.15) is 26.3 Å². The van der Waals surface area contributed by atoms with Crippen molar-refractivity contribution < 1.29 is 46.1 Å². The van der Waals surface area contributed by atoms with Crippen LogP contribution in [-0.4, -0.2) is 57.7 Å². The molecule has 0 aliphatic carbocycles. The Morgan fingerprint density at radius 1 is 1.17 bits per heavy atom. The molecule has 14 heteroatoms. The molecule has 2 aliphatic rings. The molecule has 7 nitrogen and oxygen atoms in total. The Morgan fingerprint density at radius 3 is 2.17 bits per heavy atom. The van der Waals surface area contributed by atoms with E-state index in [2.05, 4.69) is 10.2 Å². The lowest BCUT2D eigenvalue weighted by Crippen LogP contribution is -2.50. The number of carboxylic acids is 2. The molecular formula is C16H14ClF6N3O4. The molecule has 1 aromatic rings. The molecule has 1 atom stereocenters. The van der Waals surface area contributed by atoms with E-state index in [0.29, 0.717) is 24.9 Å². The molecule has 0 aromatic heterocycles. The number of alkyl halides is 6. The molecule has 2 N–H and O–H groups in total. The zero-order valence-corrected chi connectivity index (χ0v) is 15.6. The summed E-state index contributed by atoms with van der Waals surface area (Å²) < 4.78 is 71.3. The number of hydrogen-bond acceptors (Lipinski definition) is 5. The lowest BCUT2D eigenvalue weighted by atomic mass is 10.0. The normalized spacial score (nSPS) is 20.4. The van der Waals surface area contributed by atoms with Crippen LogP contribution < -0.4 is 0 Å². The van der Waals surface area contributed by atoms with Gasteiger partial charge in [-0.3, -0.25) is 4.90 Å². The molecule has 1 fully saturated rings. The van der Waals surface area contributed by atoms with Crippen molar-refractivity contribution >= 4 is 23.5 Å². The first-order valence-electron chi connectivity index (χ1n) is 8.26. The van der Waals surface area contributed by atoms with Gasteiger partial charge in [0.15, 0.2) is 0 Å². The number of aromatic carboxylic acids is 1. The van der Waals surface area contributed by atoms with Gasteiger partial charge in [0.25, 0.3) is 5.66 Å². The molecular weight excluding hydrogens is 448 g/mol. The number of carbonyl (C=O) groups is 2. The maximum Gasteiger partial charge on any atom is 0.490 e. The number of likely N-dealkylation sites (tertiary alicyclic amines) is 1. The van der Waals surface area contributed by atoms with E-state index >= 15 is 0 Å². The van der Waals surface area contributed by atoms with Crippen molar-refractivity contribution in [2.45, 2.75) is 43.4 Å². The second kappa shape index (κ2) is 8.38. The summed E-state index contributed by atoms with van der Waals surface area (Å²) in [6.45, 7) is 0.592. The summed E-state index contributed by atoms with van der Waals surface area (Å²) in [6.07, 6.45) is -8.67. The number of nitrogens with zero attached hydrogens (tertiary/aromatic N) is 3. The Kier molecular flexibility index (Phi) is 6.66. The van der Waals surface area contributed by atoms with Gasteiger partial charge in [-0.05, 0) is 31.0 Å². The first-order chi connectivity index (χ1) is 13.7. The van der Waals surface area contributed by atoms with Crippen LogP contribution in [0, 0.1) is 0 Å². The minimum absolute atomic E-state index is 0.0522. The van der Waals surface area contributed by atoms with E-state index in [1.165, 1.54) is 12.1 Å². The zero-order chi connectivity index (χ0) is 22.9. The van der Waals surface area contributed by atoms with Crippen LogP contribution >= 0.6 is 11.6 Å². The Morgan fingerprint density at radius 2 is 1.73 bits per heavy atom. The molecule has 2 aliphatic heterocycles. The predicted octanol–water partition coefficient (Wildman–Crippen LogP) is 4.36. The lowest BCUT2D eigenvalue weighted by molar-refractivity contribution is -0.192. The van der Waals surface area contributed by atoms with E-state index in [9.17, 15) is 31.1 Å². The highest BCUT2D eigenvalue weighted by atomic mass is 35.5. The highest BCUT2D eigenvalue weighted by Gasteiger charge is 2.69. The summed E-state index contributed by atoms with van der Waals surface area (Å²) in [5.74, 6) is -3.93. The quantitative estimate of drug-likeness (QED) is 0.649. The van der Waals surface area contributed by atoms with Crippen molar-refractivity contribution in [1.82, 2.24) is 4.90 Å². The highest BCUT2D eigenvalue weighted by Crippen LogP contribution is 2.51. The summed E-state index contributed by atoms with van der Waals surface area (Å²) in [5.41, 5.74) is -1.91. The number of aliphatic carboxylic acids is 1. The third-order valence-corrected chi connectivity index (χ3v) is 4.93. The van der Waals surface area contributed by atoms with Crippen LogP contribution in [0.15, 0.2) is 28.4 Å². The summed E-state index contributed by atoms with van der Waals surface area (Å²) in [5, 5.41) is 22.8. The third-order valence-electron chi connectivity index (χ3n) is 4.49. The third kappa shape index (κ3) is 5.01. The monoisotopic (exact) mass is 461 g/mol. The van der Waals surface area contributed by atoms with Gasteiger partial charge in [0.1, 0.15) is 0 Å². The molecule has 3 rings (SSSR count). The maximum atomic E-state index is 13.2. The van der Waals surface area contributed by atoms with E-state index in [1.54, 1.807) is 11.0 Å². The van der Waals surface area contributed by atoms with Gasteiger partial charge in [0.05, 0.1) is 16.6 Å². The van der Waals surface area contributed by atoms with Crippen LogP contribution in [0.1, 0.15) is 28.8 Å². The Balaban J connectivity index is 0.000000396. The Bertz CT molecular complexity index is 852. The van der Waals surface area contributed by atoms with Crippen molar-refractivity contribution in [3.05, 3.63) is 34.3 Å². The second-order valence-corrected chi connectivity index (χ2v) is 6.82. The fourth-order valence-electron chi connectivity index (χ4n) is 3.05. The summed E-state index contributed by atoms with van der Waals surface area (Å²) in [7, 11) is 0. The Hall–Kier alpha value is -2.41. The molecule has 1 saturated heterocycles. The van der Waals surface area contributed by atoms with Crippen molar-refractivity contribution in [2.75, 3.05) is 6.54 Å². The molecule has 0 saturated carbocycles. The van der Waals surface area contributed by atoms with Crippen molar-refractivity contribution in [3.63, 3.8) is 0 Å². The fourth-order valence-corrected chi connectivity index (χ4v) is 3.31. The predicted molar refractivity (Wildman–Crippen MR) is 89.2 cm³/mol. The molecule has 2 heterocycles. The number of rotatable bonds is 4. The topological polar surface area (TPSA) is 103 Å². The van der Waals surface area contributed by atoms with Crippen LogP contribution in [-0.2, 0) is 11.3 Å². The molecule has 0 spiro atoms. The van der Waals surface area contributed by atoms with Gasteiger partial charge in [-0.1, -0.05) is 23.7 Å². The van der Waals surface area contributed by atoms with Crippen LogP contribution in [0.4, 0.5) is 26.3 Å². The molecule has 1 unspecified atom stereocenters. The largest absolute Gasteiger partial charge is 0.490 e. The van der Waals surface area contributed by atoms with E-state index in [4.69, 9.17) is 26.6 Å². The minimum atomic E-state index is -5.08. The van der Waals surface area contributed by atoms with Crippen molar-refractivity contribution in [3.8, 4) is 0 Å². The lowest BCUT2D eigenvalue weighted by Gasteiger charge is -2.30. The molecule has 0 bridgehead atoms. The Labute approximate surface area is 169 Å². The summed E-state index contributed by atoms with van der Waals surface area (Å²) in [4.78, 5) is 21.6. The van der Waals surface area contributed by atoms with Crippen molar-refractivity contribution in [1.29, 1.82) is 0 Å². The van der Waals surface area contributed by atoms with Crippen molar-refractivity contribution in [2.24, 2.45) is 10.2 Å². The second-order valence-electron chi connectivity index (χ2n) is 6.44.